The van der Waals surface area contributed by atoms with Crippen molar-refractivity contribution in [1.82, 2.24) is 4.57 Å². The Hall–Kier alpha value is -2.64. The van der Waals surface area contributed by atoms with E-state index in [0.717, 1.165) is 10.6 Å². The van der Waals surface area contributed by atoms with Crippen molar-refractivity contribution in [1.29, 1.82) is 0 Å². The minimum Gasteiger partial charge on any atom is -0.503 e. The first-order valence-corrected chi connectivity index (χ1v) is 9.80. The van der Waals surface area contributed by atoms with Gasteiger partial charge < -0.3 is 10.2 Å². The Morgan fingerprint density at radius 3 is 2.40 bits per heavy atom. The molecular formula is C21H17Cl2F2NO4. The van der Waals surface area contributed by atoms with Crippen LogP contribution in [0.5, 0.6) is 5.75 Å². The molecule has 9 heteroatoms. The Labute approximate surface area is 180 Å². The molecule has 0 aliphatic rings. The SMILES string of the molecule is CCC[C@H](C(=O)O)c1c(C)n(C(=O)c2ccc(Cl)c(Cl)c2)c2cc(F)c(O)c(F)c12. The number of hydrogen-bond acceptors (Lipinski definition) is 3. The highest BCUT2D eigenvalue weighted by Crippen LogP contribution is 2.40. The van der Waals surface area contributed by atoms with Crippen LogP contribution in [0.25, 0.3) is 10.9 Å². The molecule has 0 amide bonds. The Balaban J connectivity index is 2.40. The number of aromatic hydroxyl groups is 1. The molecule has 0 aliphatic heterocycles. The van der Waals surface area contributed by atoms with Crippen molar-refractivity contribution in [2.75, 3.05) is 0 Å². The Bertz CT molecular complexity index is 1190. The molecule has 0 radical (unpaired) electrons. The van der Waals surface area contributed by atoms with E-state index in [1.807, 2.05) is 0 Å². The van der Waals surface area contributed by atoms with Gasteiger partial charge in [0.15, 0.2) is 17.4 Å². The fraction of sp³-hybridized carbons (Fsp3) is 0.238. The zero-order valence-corrected chi connectivity index (χ0v) is 17.5. The van der Waals surface area contributed by atoms with Crippen molar-refractivity contribution in [3.05, 3.63) is 62.8 Å². The number of nitrogens with zero attached hydrogens (tertiary/aromatic N) is 1. The molecule has 0 saturated carbocycles. The highest BCUT2D eigenvalue weighted by Gasteiger charge is 2.32. The lowest BCUT2D eigenvalue weighted by Gasteiger charge is -2.13. The number of fused-ring (bicyclic) bond motifs is 1. The molecule has 0 aliphatic carbocycles. The van der Waals surface area contributed by atoms with E-state index < -0.39 is 35.2 Å². The normalized spacial score (nSPS) is 12.3. The Morgan fingerprint density at radius 2 is 1.83 bits per heavy atom. The first-order chi connectivity index (χ1) is 14.1. The van der Waals surface area contributed by atoms with Crippen LogP contribution < -0.4 is 0 Å². The quantitative estimate of drug-likeness (QED) is 0.501. The number of hydrogen-bond donors (Lipinski definition) is 2. The molecule has 5 nitrogen and oxygen atoms in total. The molecule has 0 bridgehead atoms. The molecule has 158 valence electrons. The van der Waals surface area contributed by atoms with E-state index in [4.69, 9.17) is 23.2 Å². The highest BCUT2D eigenvalue weighted by atomic mass is 35.5. The van der Waals surface area contributed by atoms with Gasteiger partial charge in [-0.2, -0.15) is 0 Å². The number of rotatable bonds is 5. The van der Waals surface area contributed by atoms with Crippen molar-refractivity contribution in [3.8, 4) is 5.75 Å². The van der Waals surface area contributed by atoms with E-state index >= 15 is 0 Å². The van der Waals surface area contributed by atoms with E-state index in [-0.39, 0.29) is 44.2 Å². The summed E-state index contributed by atoms with van der Waals surface area (Å²) in [5.41, 5.74) is 0.0484. The lowest BCUT2D eigenvalue weighted by atomic mass is 9.92. The first kappa shape index (κ1) is 22.1. The summed E-state index contributed by atoms with van der Waals surface area (Å²) in [6.45, 7) is 3.21. The third-order valence-electron chi connectivity index (χ3n) is 5.00. The van der Waals surface area contributed by atoms with Gasteiger partial charge >= 0.3 is 5.97 Å². The predicted molar refractivity (Wildman–Crippen MR) is 110 cm³/mol. The predicted octanol–water partition coefficient (Wildman–Crippen LogP) is 5.90. The van der Waals surface area contributed by atoms with Crippen LogP contribution in [0, 0.1) is 18.6 Å². The second-order valence-electron chi connectivity index (χ2n) is 6.86. The van der Waals surface area contributed by atoms with Crippen molar-refractivity contribution < 1.29 is 28.6 Å². The molecule has 0 unspecified atom stereocenters. The van der Waals surface area contributed by atoms with Gasteiger partial charge in [0, 0.05) is 22.7 Å². The van der Waals surface area contributed by atoms with Gasteiger partial charge in [-0.05, 0) is 37.1 Å². The monoisotopic (exact) mass is 455 g/mol. The van der Waals surface area contributed by atoms with E-state index in [9.17, 15) is 28.6 Å². The molecule has 1 heterocycles. The van der Waals surface area contributed by atoms with E-state index in [0.29, 0.717) is 6.42 Å². The van der Waals surface area contributed by atoms with Crippen LogP contribution in [0.2, 0.25) is 10.0 Å². The van der Waals surface area contributed by atoms with Gasteiger partial charge in [-0.1, -0.05) is 36.5 Å². The second kappa shape index (κ2) is 8.24. The molecule has 0 fully saturated rings. The van der Waals surface area contributed by atoms with Crippen LogP contribution in [0.3, 0.4) is 0 Å². The average molecular weight is 456 g/mol. The van der Waals surface area contributed by atoms with Crippen LogP contribution in [-0.2, 0) is 4.79 Å². The smallest absolute Gasteiger partial charge is 0.311 e. The zero-order valence-electron chi connectivity index (χ0n) is 16.0. The van der Waals surface area contributed by atoms with Crippen LogP contribution >= 0.6 is 23.2 Å². The number of phenolic OH excluding ortho intramolecular Hbond substituents is 1. The molecule has 3 aromatic rings. The van der Waals surface area contributed by atoms with Crippen LogP contribution in [0.15, 0.2) is 24.3 Å². The first-order valence-electron chi connectivity index (χ1n) is 9.04. The number of carboxylic acid groups (broad SMARTS) is 1. The summed E-state index contributed by atoms with van der Waals surface area (Å²) < 4.78 is 30.1. The fourth-order valence-corrected chi connectivity index (χ4v) is 3.94. The highest BCUT2D eigenvalue weighted by molar-refractivity contribution is 6.42. The molecular weight excluding hydrogens is 439 g/mol. The van der Waals surface area contributed by atoms with Gasteiger partial charge in [0.25, 0.3) is 5.91 Å². The molecule has 1 aromatic heterocycles. The van der Waals surface area contributed by atoms with E-state index in [1.54, 1.807) is 6.92 Å². The number of phenols is 1. The molecule has 2 N–H and O–H groups in total. The summed E-state index contributed by atoms with van der Waals surface area (Å²) in [7, 11) is 0. The number of carboxylic acids is 1. The average Bonchev–Trinajstić information content (AvgIpc) is 2.97. The largest absolute Gasteiger partial charge is 0.503 e. The maximum atomic E-state index is 14.9. The van der Waals surface area contributed by atoms with Crippen molar-refractivity contribution in [2.45, 2.75) is 32.6 Å². The zero-order chi connectivity index (χ0) is 22.3. The third kappa shape index (κ3) is 3.52. The number of halogens is 4. The third-order valence-corrected chi connectivity index (χ3v) is 5.74. The summed E-state index contributed by atoms with van der Waals surface area (Å²) >= 11 is 11.9. The second-order valence-corrected chi connectivity index (χ2v) is 7.68. The Morgan fingerprint density at radius 1 is 1.17 bits per heavy atom. The minimum absolute atomic E-state index is 0.0144. The van der Waals surface area contributed by atoms with Gasteiger partial charge in [0.2, 0.25) is 0 Å². The summed E-state index contributed by atoms with van der Waals surface area (Å²) in [6, 6.07) is 4.92. The number of aromatic nitrogens is 1. The fourth-order valence-electron chi connectivity index (χ4n) is 3.64. The topological polar surface area (TPSA) is 79.5 Å². The van der Waals surface area contributed by atoms with E-state index in [1.165, 1.54) is 25.1 Å². The van der Waals surface area contributed by atoms with Crippen molar-refractivity contribution in [3.63, 3.8) is 0 Å². The summed E-state index contributed by atoms with van der Waals surface area (Å²) in [4.78, 5) is 25.1. The minimum atomic E-state index is -1.31. The molecule has 1 atom stereocenters. The molecule has 3 rings (SSSR count). The lowest BCUT2D eigenvalue weighted by molar-refractivity contribution is -0.139. The van der Waals surface area contributed by atoms with Gasteiger partial charge in [0.05, 0.1) is 21.5 Å². The molecule has 0 spiro atoms. The maximum Gasteiger partial charge on any atom is 0.311 e. The lowest BCUT2D eigenvalue weighted by Crippen LogP contribution is -2.16. The van der Waals surface area contributed by atoms with Crippen LogP contribution in [0.1, 0.15) is 47.3 Å². The standard InChI is InChI=1S/C21H17Cl2F2NO4/c1-3-4-11(21(29)30)16-9(2)26(15-8-14(24)19(27)18(25)17(15)16)20(28)10-5-6-12(22)13(23)7-10/h5-8,11,27H,3-4H2,1-2H3,(H,29,30)/t11-/m0/s1. The molecule has 2 aromatic carbocycles. The van der Waals surface area contributed by atoms with Crippen LogP contribution in [0.4, 0.5) is 8.78 Å². The summed E-state index contributed by atoms with van der Waals surface area (Å²) in [5, 5.41) is 19.5. The van der Waals surface area contributed by atoms with Gasteiger partial charge in [-0.25, -0.2) is 8.78 Å². The summed E-state index contributed by atoms with van der Waals surface area (Å²) in [6.07, 6.45) is 0.631. The number of aliphatic carboxylic acids is 1. The van der Waals surface area contributed by atoms with Crippen molar-refractivity contribution >= 4 is 46.0 Å². The van der Waals surface area contributed by atoms with Gasteiger partial charge in [0.1, 0.15) is 0 Å². The number of carbonyl (C=O) groups is 2. The van der Waals surface area contributed by atoms with Crippen molar-refractivity contribution in [2.24, 2.45) is 0 Å². The maximum absolute atomic E-state index is 14.9. The molecule has 0 saturated heterocycles. The molecule has 30 heavy (non-hydrogen) atoms. The van der Waals surface area contributed by atoms with Crippen LogP contribution in [-0.4, -0.2) is 26.7 Å². The van der Waals surface area contributed by atoms with Gasteiger partial charge in [-0.15, -0.1) is 0 Å². The number of benzene rings is 2. The Kier molecular flexibility index (Phi) is 6.06. The summed E-state index contributed by atoms with van der Waals surface area (Å²) in [5.74, 6) is -6.86. The van der Waals surface area contributed by atoms with Gasteiger partial charge in [-0.3, -0.25) is 14.2 Å². The van der Waals surface area contributed by atoms with E-state index in [2.05, 4.69) is 0 Å². The number of carbonyl (C=O) groups excluding carboxylic acids is 1.